The van der Waals surface area contributed by atoms with Crippen LogP contribution in [0.2, 0.25) is 0 Å². The van der Waals surface area contributed by atoms with Crippen LogP contribution in [0.1, 0.15) is 79.1 Å². The Balaban J connectivity index is 5.39. The minimum Gasteiger partial charge on any atom is -0.388 e. The smallest absolute Gasteiger partial charge is 0.334 e. The molecular formula is C17H35N2O4P. The summed E-state index contributed by atoms with van der Waals surface area (Å²) in [6.45, 7) is 7.79. The lowest BCUT2D eigenvalue weighted by atomic mass is 10.1. The van der Waals surface area contributed by atoms with Gasteiger partial charge in [-0.2, -0.15) is 0 Å². The van der Waals surface area contributed by atoms with Crippen molar-refractivity contribution in [3.8, 4) is 0 Å². The molecule has 0 saturated heterocycles. The highest BCUT2D eigenvalue weighted by atomic mass is 31.2. The summed E-state index contributed by atoms with van der Waals surface area (Å²) in [5, 5.41) is 7.58. The zero-order valence-electron chi connectivity index (χ0n) is 15.7. The molecule has 0 aliphatic rings. The van der Waals surface area contributed by atoms with E-state index in [4.69, 9.17) is 20.2 Å². The van der Waals surface area contributed by atoms with Crippen LogP contribution in [-0.2, 0) is 18.4 Å². The van der Waals surface area contributed by atoms with Gasteiger partial charge in [-0.1, -0.05) is 46.5 Å². The maximum atomic E-state index is 13.5. The van der Waals surface area contributed by atoms with Crippen molar-refractivity contribution in [2.45, 2.75) is 90.8 Å². The first-order chi connectivity index (χ1) is 11.3. The van der Waals surface area contributed by atoms with Gasteiger partial charge in [0.15, 0.2) is 5.78 Å². The highest BCUT2D eigenvalue weighted by Gasteiger charge is 2.39. The van der Waals surface area contributed by atoms with Crippen molar-refractivity contribution >= 4 is 19.2 Å². The molecule has 142 valence electrons. The van der Waals surface area contributed by atoms with Gasteiger partial charge < -0.3 is 10.3 Å². The average molecular weight is 362 g/mol. The summed E-state index contributed by atoms with van der Waals surface area (Å²) in [5.74, 6) is -0.179. The summed E-state index contributed by atoms with van der Waals surface area (Å²) in [5.41, 5.74) is 5.08. The molecule has 7 heteroatoms. The van der Waals surface area contributed by atoms with Crippen molar-refractivity contribution in [3.05, 3.63) is 0 Å². The first kappa shape index (κ1) is 23.3. The summed E-state index contributed by atoms with van der Waals surface area (Å²) >= 11 is 0. The lowest BCUT2D eigenvalue weighted by Crippen LogP contribution is -2.27. The molecule has 0 rings (SSSR count). The molecule has 0 aliphatic heterocycles. The van der Waals surface area contributed by atoms with Crippen LogP contribution < -0.4 is 5.73 Å². The predicted molar refractivity (Wildman–Crippen MR) is 98.8 cm³/mol. The van der Waals surface area contributed by atoms with Gasteiger partial charge in [0.1, 0.15) is 6.10 Å². The van der Waals surface area contributed by atoms with E-state index in [9.17, 15) is 9.36 Å². The van der Waals surface area contributed by atoms with Crippen LogP contribution in [0.3, 0.4) is 0 Å². The molecule has 3 N–H and O–H groups in total. The number of hydrogen-bond acceptors (Lipinski definition) is 5. The highest BCUT2D eigenvalue weighted by molar-refractivity contribution is 7.54. The van der Waals surface area contributed by atoms with E-state index in [0.29, 0.717) is 19.4 Å². The molecule has 0 heterocycles. The first-order valence-corrected chi connectivity index (χ1v) is 10.7. The lowest BCUT2D eigenvalue weighted by Gasteiger charge is -2.29. The lowest BCUT2D eigenvalue weighted by molar-refractivity contribution is -0.124. The van der Waals surface area contributed by atoms with E-state index in [-0.39, 0.29) is 18.0 Å². The minimum absolute atomic E-state index is 0.0334. The molecule has 0 spiro atoms. The topological polar surface area (TPSA) is 102 Å². The average Bonchev–Trinajstić information content (AvgIpc) is 2.50. The van der Waals surface area contributed by atoms with Crippen LogP contribution in [0.5, 0.6) is 0 Å². The molecule has 6 nitrogen and oxygen atoms in total. The van der Waals surface area contributed by atoms with Gasteiger partial charge in [0.2, 0.25) is 0 Å². The fourth-order valence-electron chi connectivity index (χ4n) is 2.39. The predicted octanol–water partition coefficient (Wildman–Crippen LogP) is 4.66. The SMILES string of the molecule is CCCCOP(=O)(OC(CCC)C(C)=O)C(CCCC)CC(=N)N. The summed E-state index contributed by atoms with van der Waals surface area (Å²) in [6.07, 6.45) is 4.79. The molecule has 0 radical (unpaired) electrons. The maximum absolute atomic E-state index is 13.5. The molecular weight excluding hydrogens is 327 g/mol. The fourth-order valence-corrected chi connectivity index (χ4v) is 4.75. The van der Waals surface area contributed by atoms with Crippen LogP contribution in [-0.4, -0.2) is 30.0 Å². The van der Waals surface area contributed by atoms with Gasteiger partial charge in [-0.25, -0.2) is 0 Å². The number of hydrogen-bond donors (Lipinski definition) is 2. The second kappa shape index (κ2) is 12.6. The monoisotopic (exact) mass is 362 g/mol. The van der Waals surface area contributed by atoms with Crippen molar-refractivity contribution in [2.24, 2.45) is 5.73 Å². The van der Waals surface area contributed by atoms with E-state index in [1.54, 1.807) is 0 Å². The summed E-state index contributed by atoms with van der Waals surface area (Å²) in [6, 6.07) is 0. The third-order valence-corrected chi connectivity index (χ3v) is 6.27. The van der Waals surface area contributed by atoms with E-state index in [2.05, 4.69) is 0 Å². The molecule has 0 aliphatic carbocycles. The first-order valence-electron chi connectivity index (χ1n) is 9.06. The third kappa shape index (κ3) is 8.95. The van der Waals surface area contributed by atoms with Crippen LogP contribution in [0.15, 0.2) is 0 Å². The molecule has 3 atom stereocenters. The molecule has 0 aromatic rings. The maximum Gasteiger partial charge on any atom is 0.334 e. The third-order valence-electron chi connectivity index (χ3n) is 3.84. The Morgan fingerprint density at radius 2 is 1.75 bits per heavy atom. The second-order valence-electron chi connectivity index (χ2n) is 6.25. The van der Waals surface area contributed by atoms with Crippen molar-refractivity contribution in [1.29, 1.82) is 5.41 Å². The summed E-state index contributed by atoms with van der Waals surface area (Å²) < 4.78 is 24.9. The van der Waals surface area contributed by atoms with E-state index < -0.39 is 19.4 Å². The van der Waals surface area contributed by atoms with Gasteiger partial charge in [0, 0.05) is 6.42 Å². The van der Waals surface area contributed by atoms with Crippen molar-refractivity contribution < 1.29 is 18.4 Å². The van der Waals surface area contributed by atoms with Gasteiger partial charge in [-0.3, -0.25) is 19.3 Å². The number of carbonyl (C=O) groups excluding carboxylic acids is 1. The number of amidine groups is 1. The number of carbonyl (C=O) groups is 1. The van der Waals surface area contributed by atoms with E-state index in [0.717, 1.165) is 32.1 Å². The number of ketones is 1. The second-order valence-corrected chi connectivity index (χ2v) is 8.52. The standard InChI is InChI=1S/C17H35N2O4P/c1-5-8-11-15(13-17(18)19)24(21,22-12-9-6-2)23-16(10-7-3)14(4)20/h15-16H,5-13H2,1-4H3,(H3,18,19). The molecule has 0 bridgehead atoms. The van der Waals surface area contributed by atoms with Gasteiger partial charge in [-0.05, 0) is 26.2 Å². The molecule has 0 fully saturated rings. The number of nitrogens with two attached hydrogens (primary N) is 1. The molecule has 24 heavy (non-hydrogen) atoms. The Hall–Kier alpha value is -0.710. The Bertz CT molecular complexity index is 429. The largest absolute Gasteiger partial charge is 0.388 e. The molecule has 0 aromatic carbocycles. The zero-order valence-corrected chi connectivity index (χ0v) is 16.6. The van der Waals surface area contributed by atoms with Crippen LogP contribution in [0.4, 0.5) is 0 Å². The summed E-state index contributed by atoms with van der Waals surface area (Å²) in [4.78, 5) is 11.8. The van der Waals surface area contributed by atoms with Crippen molar-refractivity contribution in [1.82, 2.24) is 0 Å². The summed E-state index contributed by atoms with van der Waals surface area (Å²) in [7, 11) is -3.52. The Morgan fingerprint density at radius 1 is 1.12 bits per heavy atom. The van der Waals surface area contributed by atoms with E-state index >= 15 is 0 Å². The molecule has 3 unspecified atom stereocenters. The van der Waals surface area contributed by atoms with Gasteiger partial charge in [0.05, 0.1) is 18.1 Å². The molecule has 0 amide bonds. The number of Topliss-reactive ketones (excluding diaryl/α,β-unsaturated/α-hetero) is 1. The van der Waals surface area contributed by atoms with E-state index in [1.165, 1.54) is 6.92 Å². The fraction of sp³-hybridized carbons (Fsp3) is 0.882. The molecule has 0 saturated carbocycles. The quantitative estimate of drug-likeness (QED) is 0.191. The number of rotatable bonds is 15. The van der Waals surface area contributed by atoms with Gasteiger partial charge in [0.25, 0.3) is 0 Å². The van der Waals surface area contributed by atoms with Gasteiger partial charge in [-0.15, -0.1) is 0 Å². The number of nitrogens with one attached hydrogen (secondary N) is 1. The minimum atomic E-state index is -3.52. The Kier molecular flexibility index (Phi) is 12.3. The van der Waals surface area contributed by atoms with Crippen LogP contribution in [0, 0.1) is 5.41 Å². The molecule has 0 aromatic heterocycles. The normalized spacial score (nSPS) is 16.3. The van der Waals surface area contributed by atoms with Crippen molar-refractivity contribution in [3.63, 3.8) is 0 Å². The number of unbranched alkanes of at least 4 members (excludes halogenated alkanes) is 2. The highest BCUT2D eigenvalue weighted by Crippen LogP contribution is 2.57. The van der Waals surface area contributed by atoms with E-state index in [1.807, 2.05) is 20.8 Å². The van der Waals surface area contributed by atoms with Crippen LogP contribution >= 0.6 is 7.60 Å². The van der Waals surface area contributed by atoms with Crippen molar-refractivity contribution in [2.75, 3.05) is 6.61 Å². The Labute approximate surface area is 146 Å². The van der Waals surface area contributed by atoms with Crippen LogP contribution in [0.25, 0.3) is 0 Å². The van der Waals surface area contributed by atoms with Gasteiger partial charge >= 0.3 is 7.60 Å². The Morgan fingerprint density at radius 3 is 2.21 bits per heavy atom. The zero-order chi connectivity index (χ0) is 18.6.